The summed E-state index contributed by atoms with van der Waals surface area (Å²) in [6.45, 7) is 2.16. The Bertz CT molecular complexity index is 451. The number of rotatable bonds is 3. The van der Waals surface area contributed by atoms with E-state index in [1.165, 1.54) is 0 Å². The first-order valence-corrected chi connectivity index (χ1v) is 4.58. The third-order valence-electron chi connectivity index (χ3n) is 1.88. The highest BCUT2D eigenvalue weighted by Crippen LogP contribution is 2.18. The van der Waals surface area contributed by atoms with Crippen LogP contribution in [0, 0.1) is 6.92 Å². The van der Waals surface area contributed by atoms with Gasteiger partial charge in [0.15, 0.2) is 5.76 Å². The Morgan fingerprint density at radius 3 is 2.93 bits per heavy atom. The lowest BCUT2D eigenvalue weighted by molar-refractivity contribution is 0.248. The number of benzene rings is 1. The van der Waals surface area contributed by atoms with Gasteiger partial charge in [0.1, 0.15) is 18.1 Å². The lowest BCUT2D eigenvalue weighted by atomic mass is 10.3. The highest BCUT2D eigenvalue weighted by molar-refractivity contribution is 5.31. The topological polar surface area (TPSA) is 55.5 Å². The largest absolute Gasteiger partial charge is 0.508 e. The van der Waals surface area contributed by atoms with Crippen LogP contribution in [0.5, 0.6) is 11.5 Å². The summed E-state index contributed by atoms with van der Waals surface area (Å²) in [5.74, 6) is 1.45. The molecule has 4 nitrogen and oxygen atoms in total. The number of hydrogen-bond donors (Lipinski definition) is 1. The maximum absolute atomic E-state index is 9.20. The number of nitrogens with zero attached hydrogens (tertiary/aromatic N) is 1. The molecular formula is C11H11NO3. The molecule has 78 valence electrons. The zero-order valence-electron chi connectivity index (χ0n) is 8.30. The summed E-state index contributed by atoms with van der Waals surface area (Å²) < 4.78 is 10.4. The predicted molar refractivity (Wildman–Crippen MR) is 53.7 cm³/mol. The average Bonchev–Trinajstić information content (AvgIpc) is 2.62. The molecule has 4 heteroatoms. The molecule has 0 saturated carbocycles. The molecule has 1 N–H and O–H groups in total. The summed E-state index contributed by atoms with van der Waals surface area (Å²) in [7, 11) is 0. The van der Waals surface area contributed by atoms with Gasteiger partial charge in [0, 0.05) is 12.1 Å². The van der Waals surface area contributed by atoms with Crippen LogP contribution >= 0.6 is 0 Å². The molecule has 0 atom stereocenters. The molecule has 1 aromatic heterocycles. The molecule has 15 heavy (non-hydrogen) atoms. The van der Waals surface area contributed by atoms with Gasteiger partial charge in [0.25, 0.3) is 0 Å². The number of ether oxygens (including phenoxy) is 1. The molecule has 0 saturated heterocycles. The standard InChI is InChI=1S/C11H11NO3/c1-8-5-11(15-12-8)7-14-10-4-2-3-9(13)6-10/h2-6,13H,7H2,1H3. The molecule has 0 aliphatic rings. The van der Waals surface area contributed by atoms with Crippen LogP contribution < -0.4 is 4.74 Å². The van der Waals surface area contributed by atoms with Gasteiger partial charge in [-0.2, -0.15) is 0 Å². The number of phenolic OH excluding ortho intramolecular Hbond substituents is 1. The quantitative estimate of drug-likeness (QED) is 0.835. The van der Waals surface area contributed by atoms with E-state index in [0.717, 1.165) is 5.69 Å². The summed E-state index contributed by atoms with van der Waals surface area (Å²) in [5, 5.41) is 12.9. The lowest BCUT2D eigenvalue weighted by Gasteiger charge is -2.03. The summed E-state index contributed by atoms with van der Waals surface area (Å²) >= 11 is 0. The molecule has 1 aromatic carbocycles. The second-order valence-electron chi connectivity index (χ2n) is 3.22. The third-order valence-corrected chi connectivity index (χ3v) is 1.88. The normalized spacial score (nSPS) is 10.2. The third kappa shape index (κ3) is 2.49. The summed E-state index contributed by atoms with van der Waals surface area (Å²) in [6, 6.07) is 8.43. The van der Waals surface area contributed by atoms with Gasteiger partial charge in [-0.3, -0.25) is 0 Å². The summed E-state index contributed by atoms with van der Waals surface area (Å²) in [4.78, 5) is 0. The highest BCUT2D eigenvalue weighted by Gasteiger charge is 2.01. The molecule has 0 bridgehead atoms. The van der Waals surface area contributed by atoms with Crippen LogP contribution in [0.2, 0.25) is 0 Å². The van der Waals surface area contributed by atoms with Crippen molar-refractivity contribution in [1.82, 2.24) is 5.16 Å². The van der Waals surface area contributed by atoms with Crippen LogP contribution in [0.15, 0.2) is 34.9 Å². The molecule has 2 aromatic rings. The van der Waals surface area contributed by atoms with E-state index in [1.54, 1.807) is 24.3 Å². The molecule has 0 unspecified atom stereocenters. The number of aryl methyl sites for hydroxylation is 1. The van der Waals surface area contributed by atoms with Gasteiger partial charge in [0.2, 0.25) is 0 Å². The Balaban J connectivity index is 1.99. The van der Waals surface area contributed by atoms with Crippen molar-refractivity contribution < 1.29 is 14.4 Å². The monoisotopic (exact) mass is 205 g/mol. The second-order valence-corrected chi connectivity index (χ2v) is 3.22. The minimum Gasteiger partial charge on any atom is -0.508 e. The van der Waals surface area contributed by atoms with Crippen LogP contribution in [0.1, 0.15) is 11.5 Å². The van der Waals surface area contributed by atoms with Gasteiger partial charge in [-0.05, 0) is 19.1 Å². The molecule has 0 fully saturated rings. The van der Waals surface area contributed by atoms with Crippen molar-refractivity contribution in [3.05, 3.63) is 41.8 Å². The van der Waals surface area contributed by atoms with Crippen LogP contribution in [0.4, 0.5) is 0 Å². The zero-order valence-corrected chi connectivity index (χ0v) is 8.30. The maximum atomic E-state index is 9.20. The molecule has 0 radical (unpaired) electrons. The molecule has 0 amide bonds. The van der Waals surface area contributed by atoms with Crippen molar-refractivity contribution in [2.75, 3.05) is 0 Å². The first-order chi connectivity index (χ1) is 7.24. The van der Waals surface area contributed by atoms with Gasteiger partial charge in [0.05, 0.1) is 5.69 Å². The first kappa shape index (κ1) is 9.58. The van der Waals surface area contributed by atoms with E-state index in [0.29, 0.717) is 18.1 Å². The number of phenols is 1. The number of hydrogen-bond acceptors (Lipinski definition) is 4. The molecule has 0 spiro atoms. The molecule has 2 rings (SSSR count). The maximum Gasteiger partial charge on any atom is 0.174 e. The molecule has 0 aliphatic carbocycles. The van der Waals surface area contributed by atoms with Gasteiger partial charge in [-0.25, -0.2) is 0 Å². The highest BCUT2D eigenvalue weighted by atomic mass is 16.5. The zero-order chi connectivity index (χ0) is 10.7. The van der Waals surface area contributed by atoms with E-state index in [-0.39, 0.29) is 5.75 Å². The van der Waals surface area contributed by atoms with Crippen molar-refractivity contribution in [2.24, 2.45) is 0 Å². The Hall–Kier alpha value is -1.97. The lowest BCUT2D eigenvalue weighted by Crippen LogP contribution is -1.93. The van der Waals surface area contributed by atoms with Crippen molar-refractivity contribution in [2.45, 2.75) is 13.5 Å². The van der Waals surface area contributed by atoms with Crippen LogP contribution in [-0.2, 0) is 6.61 Å². The van der Waals surface area contributed by atoms with Crippen molar-refractivity contribution in [3.63, 3.8) is 0 Å². The Labute approximate surface area is 87.1 Å². The van der Waals surface area contributed by atoms with E-state index in [4.69, 9.17) is 9.26 Å². The van der Waals surface area contributed by atoms with E-state index < -0.39 is 0 Å². The van der Waals surface area contributed by atoms with Gasteiger partial charge in [-0.15, -0.1) is 0 Å². The molecule has 0 aliphatic heterocycles. The van der Waals surface area contributed by atoms with Crippen molar-refractivity contribution >= 4 is 0 Å². The van der Waals surface area contributed by atoms with Crippen LogP contribution in [0.25, 0.3) is 0 Å². The van der Waals surface area contributed by atoms with E-state index >= 15 is 0 Å². The summed E-state index contributed by atoms with van der Waals surface area (Å²) in [6.07, 6.45) is 0. The van der Waals surface area contributed by atoms with Gasteiger partial charge in [-0.1, -0.05) is 11.2 Å². The van der Waals surface area contributed by atoms with E-state index in [9.17, 15) is 5.11 Å². The van der Waals surface area contributed by atoms with Gasteiger partial charge < -0.3 is 14.4 Å². The molecular weight excluding hydrogens is 194 g/mol. The second kappa shape index (κ2) is 4.04. The van der Waals surface area contributed by atoms with Gasteiger partial charge >= 0.3 is 0 Å². The Kier molecular flexibility index (Phi) is 2.58. The average molecular weight is 205 g/mol. The van der Waals surface area contributed by atoms with Crippen molar-refractivity contribution in [3.8, 4) is 11.5 Å². The fraction of sp³-hybridized carbons (Fsp3) is 0.182. The minimum atomic E-state index is 0.182. The molecule has 1 heterocycles. The van der Waals surface area contributed by atoms with Crippen LogP contribution in [0.3, 0.4) is 0 Å². The fourth-order valence-corrected chi connectivity index (χ4v) is 1.21. The number of aromatic nitrogens is 1. The van der Waals surface area contributed by atoms with Crippen molar-refractivity contribution in [1.29, 1.82) is 0 Å². The Morgan fingerprint density at radius 2 is 2.27 bits per heavy atom. The first-order valence-electron chi connectivity index (χ1n) is 4.58. The smallest absolute Gasteiger partial charge is 0.174 e. The SMILES string of the molecule is Cc1cc(COc2cccc(O)c2)on1. The predicted octanol–water partition coefficient (Wildman–Crippen LogP) is 2.27. The van der Waals surface area contributed by atoms with Crippen LogP contribution in [-0.4, -0.2) is 10.3 Å². The Morgan fingerprint density at radius 1 is 1.40 bits per heavy atom. The number of aromatic hydroxyl groups is 1. The van der Waals surface area contributed by atoms with E-state index in [1.807, 2.05) is 13.0 Å². The fourth-order valence-electron chi connectivity index (χ4n) is 1.21. The minimum absolute atomic E-state index is 0.182. The summed E-state index contributed by atoms with van der Waals surface area (Å²) in [5.41, 5.74) is 0.824. The van der Waals surface area contributed by atoms with E-state index in [2.05, 4.69) is 5.16 Å².